The molecule has 4 heterocycles. The maximum atomic E-state index is 14.1. The summed E-state index contributed by atoms with van der Waals surface area (Å²) in [4.78, 5) is 4.20. The van der Waals surface area contributed by atoms with Crippen molar-refractivity contribution in [3.05, 3.63) is 65.6 Å². The molecule has 8 nitrogen and oxygen atoms in total. The van der Waals surface area contributed by atoms with Crippen LogP contribution >= 0.6 is 0 Å². The summed E-state index contributed by atoms with van der Waals surface area (Å²) in [5.41, 5.74) is 9.37. The Kier molecular flexibility index (Phi) is 3.99. The van der Waals surface area contributed by atoms with E-state index in [4.69, 9.17) is 15.0 Å². The molecule has 0 spiro atoms. The first-order valence-electron chi connectivity index (χ1n) is 9.18. The molecular formula is C21H15FN6O2. The number of halogens is 1. The first-order chi connectivity index (χ1) is 14.5. The van der Waals surface area contributed by atoms with Crippen LogP contribution in [-0.2, 0) is 6.54 Å². The van der Waals surface area contributed by atoms with E-state index in [1.54, 1.807) is 23.0 Å². The first kappa shape index (κ1) is 17.9. The third-order valence-corrected chi connectivity index (χ3v) is 5.08. The number of nitrogen functional groups attached to an aromatic ring is 1. The van der Waals surface area contributed by atoms with Crippen LogP contribution in [0.3, 0.4) is 0 Å². The summed E-state index contributed by atoms with van der Waals surface area (Å²) in [6.07, 6.45) is 2.65. The van der Waals surface area contributed by atoms with E-state index in [1.165, 1.54) is 18.3 Å². The van der Waals surface area contributed by atoms with Gasteiger partial charge in [0.05, 0.1) is 11.3 Å². The number of anilines is 1. The number of rotatable bonds is 0. The summed E-state index contributed by atoms with van der Waals surface area (Å²) in [5, 5.41) is 17.8. The van der Waals surface area contributed by atoms with Gasteiger partial charge in [0, 0.05) is 29.1 Å². The molecule has 0 saturated carbocycles. The lowest BCUT2D eigenvalue weighted by Gasteiger charge is -2.21. The van der Waals surface area contributed by atoms with Crippen LogP contribution in [0.25, 0.3) is 22.4 Å². The predicted octanol–water partition coefficient (Wildman–Crippen LogP) is 3.69. The topological polar surface area (TPSA) is 116 Å². The van der Waals surface area contributed by atoms with Gasteiger partial charge >= 0.3 is 0 Å². The third-order valence-electron chi connectivity index (χ3n) is 5.08. The van der Waals surface area contributed by atoms with E-state index in [0.717, 1.165) is 11.3 Å². The Morgan fingerprint density at radius 3 is 3.00 bits per heavy atom. The molecule has 2 bridgehead atoms. The van der Waals surface area contributed by atoms with Crippen molar-refractivity contribution in [2.24, 2.45) is 0 Å². The SMILES string of the molecule is CC1Oc2cc(cnc2N)-c2c(C#N)noc2Cn2nccc2-c2ccc(F)cc21. The van der Waals surface area contributed by atoms with E-state index < -0.39 is 6.10 Å². The zero-order valence-corrected chi connectivity index (χ0v) is 15.8. The summed E-state index contributed by atoms with van der Waals surface area (Å²) in [5.74, 6) is 0.562. The first-order valence-corrected chi connectivity index (χ1v) is 9.18. The van der Waals surface area contributed by atoms with Gasteiger partial charge in [-0.1, -0.05) is 5.16 Å². The van der Waals surface area contributed by atoms with Gasteiger partial charge in [0.25, 0.3) is 0 Å². The molecule has 9 heteroatoms. The Bertz CT molecular complexity index is 1320. The molecule has 148 valence electrons. The molecule has 4 aromatic rings. The summed E-state index contributed by atoms with van der Waals surface area (Å²) >= 11 is 0. The minimum atomic E-state index is -0.532. The number of pyridine rings is 1. The Hall–Kier alpha value is -4.19. The second-order valence-electron chi connectivity index (χ2n) is 6.91. The number of nitriles is 1. The van der Waals surface area contributed by atoms with Crippen molar-refractivity contribution in [1.29, 1.82) is 5.26 Å². The maximum absolute atomic E-state index is 14.1. The van der Waals surface area contributed by atoms with Crippen molar-refractivity contribution in [1.82, 2.24) is 19.9 Å². The van der Waals surface area contributed by atoms with Crippen molar-refractivity contribution in [2.75, 3.05) is 5.73 Å². The monoisotopic (exact) mass is 402 g/mol. The number of nitrogens with two attached hydrogens (primary N) is 1. The molecule has 5 rings (SSSR count). The lowest BCUT2D eigenvalue weighted by atomic mass is 9.99. The van der Waals surface area contributed by atoms with E-state index in [1.807, 2.05) is 19.1 Å². The highest BCUT2D eigenvalue weighted by Gasteiger charge is 2.24. The number of ether oxygens (including phenoxy) is 1. The van der Waals surface area contributed by atoms with Gasteiger partial charge in [0.1, 0.15) is 24.5 Å². The quantitative estimate of drug-likeness (QED) is 0.477. The summed E-state index contributed by atoms with van der Waals surface area (Å²) < 4.78 is 27.4. The van der Waals surface area contributed by atoms with E-state index in [0.29, 0.717) is 28.2 Å². The van der Waals surface area contributed by atoms with Gasteiger partial charge in [-0.05, 0) is 37.3 Å². The largest absolute Gasteiger partial charge is 0.482 e. The molecular weight excluding hydrogens is 387 g/mol. The lowest BCUT2D eigenvalue weighted by Crippen LogP contribution is -2.11. The Balaban J connectivity index is 1.81. The smallest absolute Gasteiger partial charge is 0.191 e. The number of aromatic nitrogens is 4. The zero-order chi connectivity index (χ0) is 20.8. The molecule has 1 aromatic carbocycles. The predicted molar refractivity (Wildman–Crippen MR) is 105 cm³/mol. The highest BCUT2D eigenvalue weighted by molar-refractivity contribution is 5.73. The van der Waals surface area contributed by atoms with Crippen LogP contribution < -0.4 is 10.5 Å². The van der Waals surface area contributed by atoms with E-state index in [9.17, 15) is 9.65 Å². The van der Waals surface area contributed by atoms with E-state index >= 15 is 0 Å². The highest BCUT2D eigenvalue weighted by Crippen LogP contribution is 2.37. The van der Waals surface area contributed by atoms with Crippen molar-refractivity contribution >= 4 is 5.82 Å². The fourth-order valence-corrected chi connectivity index (χ4v) is 3.67. The van der Waals surface area contributed by atoms with Gasteiger partial charge in [0.2, 0.25) is 0 Å². The van der Waals surface area contributed by atoms with Gasteiger partial charge in [-0.25, -0.2) is 9.37 Å². The fourth-order valence-electron chi connectivity index (χ4n) is 3.67. The molecule has 3 aromatic heterocycles. The highest BCUT2D eigenvalue weighted by atomic mass is 19.1. The van der Waals surface area contributed by atoms with Gasteiger partial charge in [-0.2, -0.15) is 10.4 Å². The molecule has 1 atom stereocenters. The standard InChI is InChI=1S/C21H15FN6O2/c1-11-15-7-13(22)2-3-14(15)17-4-5-26-28(17)10-19-20(16(8-23)27-30-19)12-6-18(29-11)21(24)25-9-12/h2-7,9,11H,10H2,1H3,(H2,24,25). The molecule has 1 aliphatic heterocycles. The lowest BCUT2D eigenvalue weighted by molar-refractivity contribution is 0.227. The molecule has 0 aliphatic carbocycles. The van der Waals surface area contributed by atoms with Crippen molar-refractivity contribution < 1.29 is 13.7 Å². The van der Waals surface area contributed by atoms with Gasteiger partial charge in [0.15, 0.2) is 23.0 Å². The number of nitrogens with zero attached hydrogens (tertiary/aromatic N) is 5. The minimum absolute atomic E-state index is 0.129. The molecule has 0 radical (unpaired) electrons. The Labute approximate surface area is 170 Å². The molecule has 2 N–H and O–H groups in total. The van der Waals surface area contributed by atoms with Crippen molar-refractivity contribution in [3.63, 3.8) is 0 Å². The Morgan fingerprint density at radius 1 is 1.30 bits per heavy atom. The van der Waals surface area contributed by atoms with Crippen LogP contribution in [-0.4, -0.2) is 19.9 Å². The molecule has 1 aliphatic rings. The van der Waals surface area contributed by atoms with E-state index in [-0.39, 0.29) is 23.9 Å². The van der Waals surface area contributed by atoms with Crippen LogP contribution in [0.5, 0.6) is 5.75 Å². The minimum Gasteiger partial charge on any atom is -0.482 e. The normalized spacial score (nSPS) is 14.9. The average molecular weight is 402 g/mol. The van der Waals surface area contributed by atoms with Crippen LogP contribution in [0.4, 0.5) is 10.2 Å². The van der Waals surface area contributed by atoms with Crippen molar-refractivity contribution in [3.8, 4) is 34.2 Å². The average Bonchev–Trinajstić information content (AvgIpc) is 3.36. The van der Waals surface area contributed by atoms with Gasteiger partial charge in [-0.15, -0.1) is 0 Å². The summed E-state index contributed by atoms with van der Waals surface area (Å²) in [7, 11) is 0. The van der Waals surface area contributed by atoms with Crippen molar-refractivity contribution in [2.45, 2.75) is 19.6 Å². The van der Waals surface area contributed by atoms with Crippen LogP contribution in [0, 0.1) is 17.1 Å². The Morgan fingerprint density at radius 2 is 2.17 bits per heavy atom. The summed E-state index contributed by atoms with van der Waals surface area (Å²) in [6, 6.07) is 10.1. The number of hydrogen-bond donors (Lipinski definition) is 1. The molecule has 0 fully saturated rings. The molecule has 1 unspecified atom stereocenters. The van der Waals surface area contributed by atoms with Crippen LogP contribution in [0.15, 0.2) is 47.2 Å². The molecule has 0 saturated heterocycles. The molecule has 30 heavy (non-hydrogen) atoms. The maximum Gasteiger partial charge on any atom is 0.191 e. The number of hydrogen-bond acceptors (Lipinski definition) is 7. The van der Waals surface area contributed by atoms with Crippen LogP contribution in [0.2, 0.25) is 0 Å². The third kappa shape index (κ3) is 2.78. The second kappa shape index (κ2) is 6.70. The zero-order valence-electron chi connectivity index (χ0n) is 15.8. The second-order valence-corrected chi connectivity index (χ2v) is 6.91. The summed E-state index contributed by atoms with van der Waals surface area (Å²) in [6.45, 7) is 2.03. The van der Waals surface area contributed by atoms with E-state index in [2.05, 4.69) is 15.2 Å². The number of benzene rings is 1. The van der Waals surface area contributed by atoms with Crippen LogP contribution in [0.1, 0.15) is 30.0 Å². The van der Waals surface area contributed by atoms with Gasteiger partial charge < -0.3 is 15.0 Å². The number of fused-ring (bicyclic) bond motifs is 7. The molecule has 0 amide bonds. The van der Waals surface area contributed by atoms with Gasteiger partial charge in [-0.3, -0.25) is 4.68 Å². The fraction of sp³-hybridized carbons (Fsp3) is 0.143.